The third-order valence-corrected chi connectivity index (χ3v) is 13.7. The molecule has 70 heavy (non-hydrogen) atoms. The molecular formula is C57H55N5O8. The minimum Gasteiger partial charge on any atom is -0.492 e. The molecule has 6 aromatic rings. The number of carbonyl (C=O) groups excluding carboxylic acids is 4. The molecule has 0 aromatic heterocycles. The molecule has 4 aliphatic heterocycles. The molecule has 2 atom stereocenters. The predicted octanol–water partition coefficient (Wildman–Crippen LogP) is 7.84. The van der Waals surface area contributed by atoms with Crippen LogP contribution >= 0.6 is 0 Å². The average Bonchev–Trinajstić information content (AvgIpc) is 3.88. The van der Waals surface area contributed by atoms with Crippen LogP contribution in [-0.2, 0) is 46.0 Å². The first kappa shape index (κ1) is 46.0. The summed E-state index contributed by atoms with van der Waals surface area (Å²) in [5.74, 6) is 1.61. The molecule has 1 N–H and O–H groups in total. The van der Waals surface area contributed by atoms with Gasteiger partial charge in [-0.25, -0.2) is 0 Å². The van der Waals surface area contributed by atoms with Gasteiger partial charge in [-0.1, -0.05) is 78.9 Å². The van der Waals surface area contributed by atoms with Crippen molar-refractivity contribution in [2.24, 2.45) is 4.99 Å². The van der Waals surface area contributed by atoms with Crippen LogP contribution in [0.3, 0.4) is 0 Å². The second kappa shape index (κ2) is 20.4. The van der Waals surface area contributed by atoms with Crippen molar-refractivity contribution in [1.29, 1.82) is 0 Å². The Kier molecular flexibility index (Phi) is 13.4. The van der Waals surface area contributed by atoms with E-state index in [9.17, 15) is 19.2 Å². The monoisotopic (exact) mass is 937 g/mol. The molecular weight excluding hydrogens is 883 g/mol. The van der Waals surface area contributed by atoms with Gasteiger partial charge in [0.05, 0.1) is 17.9 Å². The molecule has 0 radical (unpaired) electrons. The maximum atomic E-state index is 13.3. The van der Waals surface area contributed by atoms with Gasteiger partial charge in [-0.3, -0.25) is 34.4 Å². The lowest BCUT2D eigenvalue weighted by Gasteiger charge is -2.34. The molecule has 0 spiro atoms. The van der Waals surface area contributed by atoms with Gasteiger partial charge in [-0.2, -0.15) is 0 Å². The lowest BCUT2D eigenvalue weighted by molar-refractivity contribution is -0.137. The summed E-state index contributed by atoms with van der Waals surface area (Å²) in [4.78, 5) is 61.5. The Morgan fingerprint density at radius 2 is 1.36 bits per heavy atom. The summed E-state index contributed by atoms with van der Waals surface area (Å²) in [6.07, 6.45) is 1.16. The van der Waals surface area contributed by atoms with E-state index in [1.54, 1.807) is 23.1 Å². The minimum atomic E-state index is -0.724. The molecule has 6 aromatic carbocycles. The van der Waals surface area contributed by atoms with Gasteiger partial charge in [-0.05, 0) is 114 Å². The maximum Gasteiger partial charge on any atom is 0.260 e. The van der Waals surface area contributed by atoms with Gasteiger partial charge in [0.15, 0.2) is 6.61 Å². The molecule has 0 bridgehead atoms. The second-order valence-corrected chi connectivity index (χ2v) is 18.4. The smallest absolute Gasteiger partial charge is 0.260 e. The first-order chi connectivity index (χ1) is 34.2. The number of nitrogens with one attached hydrogen (secondary N) is 1. The average molecular weight is 938 g/mol. The van der Waals surface area contributed by atoms with Crippen molar-refractivity contribution in [3.05, 3.63) is 185 Å². The molecule has 2 fully saturated rings. The number of carbonyl (C=O) groups is 4. The molecule has 13 heteroatoms. The molecule has 4 amide bonds. The minimum absolute atomic E-state index is 0.132. The Morgan fingerprint density at radius 1 is 0.700 bits per heavy atom. The Labute approximate surface area is 407 Å². The molecule has 13 nitrogen and oxygen atoms in total. The number of piperidine rings is 1. The first-order valence-electron chi connectivity index (χ1n) is 24.0. The number of amides is 4. The van der Waals surface area contributed by atoms with E-state index < -0.39 is 17.4 Å². The van der Waals surface area contributed by atoms with E-state index in [2.05, 4.69) is 77.8 Å². The summed E-state index contributed by atoms with van der Waals surface area (Å²) < 4.78 is 24.7. The van der Waals surface area contributed by atoms with Crippen molar-refractivity contribution >= 4 is 35.0 Å². The normalized spacial score (nSPS) is 18.7. The largest absolute Gasteiger partial charge is 0.492 e. The predicted molar refractivity (Wildman–Crippen MR) is 265 cm³/mol. The fourth-order valence-corrected chi connectivity index (χ4v) is 9.82. The quantitative estimate of drug-likeness (QED) is 0.0907. The van der Waals surface area contributed by atoms with Gasteiger partial charge < -0.3 is 28.7 Å². The molecule has 4 heterocycles. The van der Waals surface area contributed by atoms with Gasteiger partial charge in [0, 0.05) is 55.7 Å². The van der Waals surface area contributed by atoms with Crippen LogP contribution in [-0.4, -0.2) is 96.0 Å². The number of piperazine rings is 1. The van der Waals surface area contributed by atoms with Crippen LogP contribution < -0.4 is 24.3 Å². The van der Waals surface area contributed by atoms with E-state index in [0.717, 1.165) is 56.5 Å². The Hall–Kier alpha value is -7.77. The zero-order valence-corrected chi connectivity index (χ0v) is 39.2. The zero-order chi connectivity index (χ0) is 48.0. The van der Waals surface area contributed by atoms with Crippen LogP contribution in [0.4, 0.5) is 5.69 Å². The first-order valence-corrected chi connectivity index (χ1v) is 24.0. The lowest BCUT2D eigenvalue weighted by atomic mass is 9.73. The number of aliphatic imine (C=N–C) groups is 1. The van der Waals surface area contributed by atoms with Crippen molar-refractivity contribution in [3.63, 3.8) is 0 Å². The van der Waals surface area contributed by atoms with Gasteiger partial charge in [0.25, 0.3) is 11.8 Å². The van der Waals surface area contributed by atoms with Crippen molar-refractivity contribution in [2.75, 3.05) is 45.9 Å². The fourth-order valence-electron chi connectivity index (χ4n) is 9.82. The van der Waals surface area contributed by atoms with Crippen molar-refractivity contribution in [2.45, 2.75) is 57.4 Å². The van der Waals surface area contributed by atoms with Gasteiger partial charge in [0.1, 0.15) is 48.9 Å². The van der Waals surface area contributed by atoms with Gasteiger partial charge in [-0.15, -0.1) is 0 Å². The van der Waals surface area contributed by atoms with E-state index in [0.29, 0.717) is 75.8 Å². The Bertz CT molecular complexity index is 2900. The Balaban J connectivity index is 0.724. The van der Waals surface area contributed by atoms with Crippen LogP contribution in [0, 0.1) is 0 Å². The van der Waals surface area contributed by atoms with Gasteiger partial charge >= 0.3 is 0 Å². The van der Waals surface area contributed by atoms with E-state index in [1.165, 1.54) is 4.90 Å². The van der Waals surface area contributed by atoms with Crippen molar-refractivity contribution in [1.82, 2.24) is 20.0 Å². The number of hydrogen-bond donors (Lipinski definition) is 1. The summed E-state index contributed by atoms with van der Waals surface area (Å²) in [6, 6.07) is 47.5. The Morgan fingerprint density at radius 3 is 2.06 bits per heavy atom. The molecule has 2 unspecified atom stereocenters. The third-order valence-electron chi connectivity index (χ3n) is 13.7. The summed E-state index contributed by atoms with van der Waals surface area (Å²) in [7, 11) is 0. The van der Waals surface area contributed by atoms with E-state index in [1.807, 2.05) is 66.7 Å². The summed E-state index contributed by atoms with van der Waals surface area (Å²) in [6.45, 7) is 7.00. The highest BCUT2D eigenvalue weighted by molar-refractivity contribution is 6.13. The standard InChI is InChI=1S/C57H55N5O8/c1-57(48-33-45(69-37-41-11-6-3-7-12-41)23-24-49(48)58-54(57)42-17-21-44(22-18-42)68-36-40-9-4-2-5-10-40)34-39-15-19-43(20-16-39)67-32-31-60-27-29-61(30-28-60)53(64)38-70-51-14-8-13-46-47(51)35-62(56(46)66)50-25-26-52(63)59-55(50)65/h2-24,33,50H,25-32,34-38H2,1H3,(H,59,63,65). The summed E-state index contributed by atoms with van der Waals surface area (Å²) in [5, 5.41) is 2.33. The molecule has 0 aliphatic carbocycles. The molecule has 0 saturated carbocycles. The van der Waals surface area contributed by atoms with Crippen LogP contribution in [0.2, 0.25) is 0 Å². The lowest BCUT2D eigenvalue weighted by Crippen LogP contribution is -2.52. The number of fused-ring (bicyclic) bond motifs is 2. The fraction of sp³-hybridized carbons (Fsp3) is 0.281. The summed E-state index contributed by atoms with van der Waals surface area (Å²) in [5.41, 5.74) is 8.07. The topological polar surface area (TPSA) is 139 Å². The number of nitrogens with zero attached hydrogens (tertiary/aromatic N) is 4. The van der Waals surface area contributed by atoms with Crippen molar-refractivity contribution in [3.8, 4) is 23.0 Å². The number of hydrogen-bond acceptors (Lipinski definition) is 10. The molecule has 4 aliphatic rings. The zero-order valence-electron chi connectivity index (χ0n) is 39.2. The highest BCUT2D eigenvalue weighted by Gasteiger charge is 2.42. The SMILES string of the molecule is CC1(Cc2ccc(OCCN3CCN(C(=O)COc4cccc5c4CN(C4CCC(=O)NC4=O)C5=O)CC3)cc2)C(c2ccc(OCc3ccccc3)cc2)=Nc2ccc(OCc3ccccc3)cc21. The maximum absolute atomic E-state index is 13.3. The molecule has 10 rings (SSSR count). The summed E-state index contributed by atoms with van der Waals surface area (Å²) >= 11 is 0. The number of benzene rings is 6. The highest BCUT2D eigenvalue weighted by Crippen LogP contribution is 2.46. The third kappa shape index (κ3) is 10.2. The number of rotatable bonds is 17. The molecule has 2 saturated heterocycles. The van der Waals surface area contributed by atoms with Gasteiger partial charge in [0.2, 0.25) is 11.8 Å². The highest BCUT2D eigenvalue weighted by atomic mass is 16.5. The molecule has 356 valence electrons. The van der Waals surface area contributed by atoms with E-state index in [4.69, 9.17) is 23.9 Å². The number of ether oxygens (including phenoxy) is 4. The van der Waals surface area contributed by atoms with Crippen LogP contribution in [0.5, 0.6) is 23.0 Å². The van der Waals surface area contributed by atoms with E-state index >= 15 is 0 Å². The van der Waals surface area contributed by atoms with Crippen LogP contribution in [0.15, 0.2) is 151 Å². The van der Waals surface area contributed by atoms with Crippen LogP contribution in [0.1, 0.15) is 63.5 Å². The second-order valence-electron chi connectivity index (χ2n) is 18.4. The number of imide groups is 1. The van der Waals surface area contributed by atoms with E-state index in [-0.39, 0.29) is 43.7 Å². The van der Waals surface area contributed by atoms with Crippen LogP contribution in [0.25, 0.3) is 0 Å². The van der Waals surface area contributed by atoms with Crippen molar-refractivity contribution < 1.29 is 38.1 Å².